The van der Waals surface area contributed by atoms with E-state index in [9.17, 15) is 23.3 Å². The van der Waals surface area contributed by atoms with Gasteiger partial charge in [0.25, 0.3) is 11.1 Å². The van der Waals surface area contributed by atoms with Crippen LogP contribution in [0, 0.1) is 11.3 Å². The van der Waals surface area contributed by atoms with Gasteiger partial charge in [0.05, 0.1) is 12.4 Å². The fraction of sp³-hybridized carbons (Fsp3) is 0.190. The fourth-order valence-electron chi connectivity index (χ4n) is 2.51. The number of nitrogens with zero attached hydrogens (tertiary/aromatic N) is 3. The van der Waals surface area contributed by atoms with Crippen LogP contribution in [0.2, 0.25) is 0 Å². The highest BCUT2D eigenvalue weighted by Crippen LogP contribution is 2.30. The van der Waals surface area contributed by atoms with E-state index in [0.717, 1.165) is 0 Å². The topological polar surface area (TPSA) is 148 Å². The maximum atomic E-state index is 12.5. The molecule has 1 amide bonds. The van der Waals surface area contributed by atoms with Crippen LogP contribution in [0.25, 0.3) is 6.08 Å². The predicted molar refractivity (Wildman–Crippen MR) is 127 cm³/mol. The minimum Gasteiger partial charge on any atom is -0.490 e. The summed E-state index contributed by atoms with van der Waals surface area (Å²) in [6, 6.07) is 9.76. The zero-order chi connectivity index (χ0) is 24.7. The standard InChI is InChI=1S/C21H18N4O6S3/c1-3-30-16-11-13(7-8-15(16)31-19(27)17-6-5-9-32-17)10-14(12-22)18(26)23-20-24-21(25-33-20)34(28,29)4-2/h5-11H,3-4H2,1-2H3,(H,23,24,25,26). The Morgan fingerprint density at radius 1 is 1.24 bits per heavy atom. The van der Waals surface area contributed by atoms with E-state index >= 15 is 0 Å². The van der Waals surface area contributed by atoms with Crippen molar-refractivity contribution in [3.63, 3.8) is 0 Å². The number of rotatable bonds is 9. The average Bonchev–Trinajstić information content (AvgIpc) is 3.52. The number of ether oxygens (including phenoxy) is 2. The molecule has 34 heavy (non-hydrogen) atoms. The molecule has 0 aliphatic carbocycles. The molecule has 0 spiro atoms. The number of esters is 1. The molecule has 13 heteroatoms. The highest BCUT2D eigenvalue weighted by molar-refractivity contribution is 7.91. The van der Waals surface area contributed by atoms with E-state index in [2.05, 4.69) is 14.7 Å². The van der Waals surface area contributed by atoms with Crippen molar-refractivity contribution in [2.24, 2.45) is 0 Å². The largest absolute Gasteiger partial charge is 0.490 e. The van der Waals surface area contributed by atoms with Crippen molar-refractivity contribution in [2.75, 3.05) is 17.7 Å². The number of aromatic nitrogens is 2. The second-order valence-corrected chi connectivity index (χ2v) is 10.3. The molecule has 0 aliphatic heterocycles. The third-order valence-corrected chi connectivity index (χ3v) is 7.25. The predicted octanol–water partition coefficient (Wildman–Crippen LogP) is 3.56. The van der Waals surface area contributed by atoms with Gasteiger partial charge in [0.1, 0.15) is 16.5 Å². The van der Waals surface area contributed by atoms with E-state index in [1.54, 1.807) is 36.6 Å². The molecule has 1 aromatic carbocycles. The summed E-state index contributed by atoms with van der Waals surface area (Å²) >= 11 is 1.94. The molecule has 3 rings (SSSR count). The van der Waals surface area contributed by atoms with E-state index < -0.39 is 21.7 Å². The first-order valence-corrected chi connectivity index (χ1v) is 13.1. The Morgan fingerprint density at radius 2 is 2.03 bits per heavy atom. The Morgan fingerprint density at radius 3 is 2.68 bits per heavy atom. The summed E-state index contributed by atoms with van der Waals surface area (Å²) in [6.45, 7) is 3.51. The van der Waals surface area contributed by atoms with Gasteiger partial charge in [0.2, 0.25) is 15.0 Å². The number of carbonyl (C=O) groups is 2. The smallest absolute Gasteiger partial charge is 0.353 e. The van der Waals surface area contributed by atoms with E-state index in [1.165, 1.54) is 36.5 Å². The van der Waals surface area contributed by atoms with Gasteiger partial charge in [-0.25, -0.2) is 13.2 Å². The maximum absolute atomic E-state index is 12.5. The molecule has 2 aromatic heterocycles. The normalized spacial score (nSPS) is 11.5. The summed E-state index contributed by atoms with van der Waals surface area (Å²) < 4.78 is 38.4. The van der Waals surface area contributed by atoms with Crippen LogP contribution in [-0.4, -0.2) is 42.0 Å². The molecule has 0 saturated heterocycles. The Labute approximate surface area is 203 Å². The maximum Gasteiger partial charge on any atom is 0.353 e. The van der Waals surface area contributed by atoms with Crippen molar-refractivity contribution in [3.05, 3.63) is 51.7 Å². The van der Waals surface area contributed by atoms with E-state index in [0.29, 0.717) is 28.6 Å². The molecule has 1 N–H and O–H groups in total. The van der Waals surface area contributed by atoms with E-state index in [4.69, 9.17) is 9.47 Å². The van der Waals surface area contributed by atoms with Gasteiger partial charge in [0, 0.05) is 11.5 Å². The summed E-state index contributed by atoms with van der Waals surface area (Å²) in [5.41, 5.74) is 0.179. The SMILES string of the molecule is CCOc1cc(C=C(C#N)C(=O)Nc2nc(S(=O)(=O)CC)ns2)ccc1OC(=O)c1cccs1. The summed E-state index contributed by atoms with van der Waals surface area (Å²) in [5.74, 6) is -1.04. The molecular weight excluding hydrogens is 500 g/mol. The van der Waals surface area contributed by atoms with Crippen LogP contribution in [-0.2, 0) is 14.6 Å². The fourth-order valence-corrected chi connectivity index (χ4v) is 4.69. The first-order valence-electron chi connectivity index (χ1n) is 9.79. The van der Waals surface area contributed by atoms with Crippen LogP contribution in [0.3, 0.4) is 0 Å². The van der Waals surface area contributed by atoms with Crippen molar-refractivity contribution in [1.82, 2.24) is 9.36 Å². The highest BCUT2D eigenvalue weighted by Gasteiger charge is 2.20. The van der Waals surface area contributed by atoms with Crippen LogP contribution in [0.1, 0.15) is 29.1 Å². The van der Waals surface area contributed by atoms with Crippen LogP contribution in [0.5, 0.6) is 11.5 Å². The van der Waals surface area contributed by atoms with Gasteiger partial charge in [-0.05, 0) is 42.1 Å². The lowest BCUT2D eigenvalue weighted by Gasteiger charge is -2.11. The van der Waals surface area contributed by atoms with E-state index in [-0.39, 0.29) is 33.1 Å². The van der Waals surface area contributed by atoms with Crippen LogP contribution in [0.15, 0.2) is 46.4 Å². The molecular formula is C21H18N4O6S3. The first kappa shape index (κ1) is 25.0. The highest BCUT2D eigenvalue weighted by atomic mass is 32.2. The number of hydrogen-bond donors (Lipinski definition) is 1. The Hall–Kier alpha value is -3.60. The summed E-state index contributed by atoms with van der Waals surface area (Å²) in [6.07, 6.45) is 1.31. The minimum absolute atomic E-state index is 0.0518. The Balaban J connectivity index is 1.80. The molecule has 0 atom stereocenters. The molecule has 10 nitrogen and oxygen atoms in total. The van der Waals surface area contributed by atoms with Crippen LogP contribution in [0.4, 0.5) is 5.13 Å². The number of carbonyl (C=O) groups excluding carboxylic acids is 2. The lowest BCUT2D eigenvalue weighted by molar-refractivity contribution is -0.112. The molecule has 3 aromatic rings. The summed E-state index contributed by atoms with van der Waals surface area (Å²) in [7, 11) is -3.62. The second-order valence-electron chi connectivity index (χ2n) is 6.42. The number of thiophene rings is 1. The third kappa shape index (κ3) is 6.04. The third-order valence-electron chi connectivity index (χ3n) is 4.15. The van der Waals surface area contributed by atoms with Crippen molar-refractivity contribution in [3.8, 4) is 17.6 Å². The monoisotopic (exact) mass is 518 g/mol. The number of sulfone groups is 1. The molecule has 0 saturated carbocycles. The molecule has 0 aliphatic rings. The van der Waals surface area contributed by atoms with Crippen molar-refractivity contribution >= 4 is 55.8 Å². The zero-order valence-corrected chi connectivity index (χ0v) is 20.4. The van der Waals surface area contributed by atoms with Gasteiger partial charge >= 0.3 is 5.97 Å². The number of amides is 1. The van der Waals surface area contributed by atoms with Gasteiger partial charge in [-0.2, -0.15) is 14.6 Å². The van der Waals surface area contributed by atoms with Crippen molar-refractivity contribution in [2.45, 2.75) is 19.0 Å². The molecule has 0 fully saturated rings. The van der Waals surface area contributed by atoms with Gasteiger partial charge in [-0.3, -0.25) is 10.1 Å². The quantitative estimate of drug-likeness (QED) is 0.194. The van der Waals surface area contributed by atoms with Gasteiger partial charge < -0.3 is 9.47 Å². The second kappa shape index (κ2) is 11.0. The minimum atomic E-state index is -3.62. The molecule has 0 bridgehead atoms. The van der Waals surface area contributed by atoms with Gasteiger partial charge in [-0.15, -0.1) is 11.3 Å². The Bertz CT molecular complexity index is 1370. The lowest BCUT2D eigenvalue weighted by atomic mass is 10.1. The number of benzene rings is 1. The zero-order valence-electron chi connectivity index (χ0n) is 18.0. The molecule has 0 radical (unpaired) electrons. The van der Waals surface area contributed by atoms with Crippen LogP contribution >= 0.6 is 22.9 Å². The number of nitriles is 1. The Kier molecular flexibility index (Phi) is 8.11. The first-order chi connectivity index (χ1) is 16.3. The van der Waals surface area contributed by atoms with Gasteiger partial charge in [-0.1, -0.05) is 19.1 Å². The number of nitrogens with one attached hydrogen (secondary N) is 1. The lowest BCUT2D eigenvalue weighted by Crippen LogP contribution is -2.14. The van der Waals surface area contributed by atoms with E-state index in [1.807, 2.05) is 0 Å². The summed E-state index contributed by atoms with van der Waals surface area (Å²) in [5, 5.41) is 13.2. The van der Waals surface area contributed by atoms with Gasteiger partial charge in [0.15, 0.2) is 11.5 Å². The number of anilines is 1. The molecule has 0 unspecified atom stereocenters. The van der Waals surface area contributed by atoms with Crippen molar-refractivity contribution in [1.29, 1.82) is 5.26 Å². The van der Waals surface area contributed by atoms with Crippen molar-refractivity contribution < 1.29 is 27.5 Å². The molecule has 176 valence electrons. The average molecular weight is 519 g/mol. The van der Waals surface area contributed by atoms with Crippen LogP contribution < -0.4 is 14.8 Å². The molecule has 2 heterocycles. The number of hydrogen-bond acceptors (Lipinski definition) is 11. The summed E-state index contributed by atoms with van der Waals surface area (Å²) in [4.78, 5) is 29.0.